The lowest BCUT2D eigenvalue weighted by molar-refractivity contribution is 0.508. The van der Waals surface area contributed by atoms with Crippen LogP contribution in [0, 0.1) is 6.92 Å². The molecule has 2 aromatic rings. The Morgan fingerprint density at radius 2 is 2.00 bits per heavy atom. The van der Waals surface area contributed by atoms with Crippen molar-refractivity contribution >= 4 is 39.5 Å². The van der Waals surface area contributed by atoms with Gasteiger partial charge in [-0.15, -0.1) is 0 Å². The molecule has 0 spiro atoms. The van der Waals surface area contributed by atoms with E-state index in [1.54, 1.807) is 12.4 Å². The zero-order chi connectivity index (χ0) is 17.7. The van der Waals surface area contributed by atoms with Crippen LogP contribution < -0.4 is 10.7 Å². The second-order valence-corrected chi connectivity index (χ2v) is 7.86. The number of nitrogens with zero attached hydrogens (tertiary/aromatic N) is 3. The van der Waals surface area contributed by atoms with Gasteiger partial charge in [-0.25, -0.2) is 0 Å². The van der Waals surface area contributed by atoms with Crippen molar-refractivity contribution in [1.82, 2.24) is 20.5 Å². The number of hydrazone groups is 1. The van der Waals surface area contributed by atoms with Crippen molar-refractivity contribution in [3.05, 3.63) is 51.8 Å². The van der Waals surface area contributed by atoms with E-state index in [2.05, 4.69) is 68.1 Å². The molecule has 1 aromatic carbocycles. The number of aromatic nitrogens is 2. The first-order valence-corrected chi connectivity index (χ1v) is 8.83. The van der Waals surface area contributed by atoms with Crippen molar-refractivity contribution in [3.63, 3.8) is 0 Å². The average Bonchev–Trinajstić information content (AvgIpc) is 2.81. The van der Waals surface area contributed by atoms with Gasteiger partial charge in [-0.3, -0.25) is 10.1 Å². The SMILES string of the molecule is Cc1ccc(Cn2ncc(Br)c2/C=N/NC(=S)NC(C)(C)C)cc1. The molecule has 0 saturated heterocycles. The van der Waals surface area contributed by atoms with Gasteiger partial charge < -0.3 is 5.32 Å². The molecule has 0 aliphatic heterocycles. The highest BCUT2D eigenvalue weighted by atomic mass is 79.9. The predicted molar refractivity (Wildman–Crippen MR) is 106 cm³/mol. The molecular formula is C17H22BrN5S. The highest BCUT2D eigenvalue weighted by Crippen LogP contribution is 2.15. The molecule has 2 rings (SSSR count). The second kappa shape index (κ2) is 7.90. The number of nitrogens with one attached hydrogen (secondary N) is 2. The smallest absolute Gasteiger partial charge is 0.187 e. The van der Waals surface area contributed by atoms with E-state index >= 15 is 0 Å². The minimum Gasteiger partial charge on any atom is -0.357 e. The Morgan fingerprint density at radius 3 is 2.62 bits per heavy atom. The van der Waals surface area contributed by atoms with E-state index in [0.29, 0.717) is 11.7 Å². The minimum atomic E-state index is -0.104. The molecule has 1 heterocycles. The summed E-state index contributed by atoms with van der Waals surface area (Å²) in [6.07, 6.45) is 3.48. The van der Waals surface area contributed by atoms with Crippen LogP contribution in [0.3, 0.4) is 0 Å². The molecule has 0 aliphatic rings. The third-order valence-electron chi connectivity index (χ3n) is 3.13. The van der Waals surface area contributed by atoms with Crippen LogP contribution in [0.4, 0.5) is 0 Å². The summed E-state index contributed by atoms with van der Waals surface area (Å²) in [5, 5.41) is 12.2. The molecule has 0 unspecified atom stereocenters. The van der Waals surface area contributed by atoms with Crippen molar-refractivity contribution in [3.8, 4) is 0 Å². The Bertz CT molecular complexity index is 728. The van der Waals surface area contributed by atoms with E-state index < -0.39 is 0 Å². The maximum atomic E-state index is 5.21. The molecular weight excluding hydrogens is 386 g/mol. The maximum absolute atomic E-state index is 5.21. The highest BCUT2D eigenvalue weighted by molar-refractivity contribution is 9.10. The summed E-state index contributed by atoms with van der Waals surface area (Å²) >= 11 is 8.72. The van der Waals surface area contributed by atoms with Crippen LogP contribution in [0.15, 0.2) is 40.0 Å². The van der Waals surface area contributed by atoms with E-state index in [0.717, 1.165) is 10.2 Å². The first-order valence-electron chi connectivity index (χ1n) is 7.63. The van der Waals surface area contributed by atoms with Crippen LogP contribution >= 0.6 is 28.1 Å². The summed E-state index contributed by atoms with van der Waals surface area (Å²) in [5.74, 6) is 0. The van der Waals surface area contributed by atoms with E-state index in [-0.39, 0.29) is 5.54 Å². The molecule has 128 valence electrons. The average molecular weight is 408 g/mol. The Morgan fingerprint density at radius 1 is 1.33 bits per heavy atom. The van der Waals surface area contributed by atoms with Gasteiger partial charge in [0.05, 0.1) is 29.1 Å². The summed E-state index contributed by atoms with van der Waals surface area (Å²) < 4.78 is 2.77. The van der Waals surface area contributed by atoms with Crippen LogP contribution in [0.25, 0.3) is 0 Å². The van der Waals surface area contributed by atoms with Gasteiger partial charge in [-0.1, -0.05) is 29.8 Å². The van der Waals surface area contributed by atoms with Gasteiger partial charge in [0, 0.05) is 5.54 Å². The number of hydrogen-bond acceptors (Lipinski definition) is 3. The van der Waals surface area contributed by atoms with E-state index in [1.807, 2.05) is 25.5 Å². The lowest BCUT2D eigenvalue weighted by Crippen LogP contribution is -2.44. The summed E-state index contributed by atoms with van der Waals surface area (Å²) in [4.78, 5) is 0. The monoisotopic (exact) mass is 407 g/mol. The summed E-state index contributed by atoms with van der Waals surface area (Å²) in [5.41, 5.74) is 6.03. The van der Waals surface area contributed by atoms with Crippen LogP contribution in [0.5, 0.6) is 0 Å². The first kappa shape index (κ1) is 18.6. The molecule has 0 aliphatic carbocycles. The van der Waals surface area contributed by atoms with Gasteiger partial charge in [0.1, 0.15) is 0 Å². The third-order valence-corrected chi connectivity index (χ3v) is 3.93. The molecule has 1 aromatic heterocycles. The summed E-state index contributed by atoms with van der Waals surface area (Å²) in [7, 11) is 0. The molecule has 0 amide bonds. The molecule has 0 atom stereocenters. The van der Waals surface area contributed by atoms with Gasteiger partial charge in [-0.05, 0) is 61.4 Å². The van der Waals surface area contributed by atoms with Crippen molar-refractivity contribution in [2.75, 3.05) is 0 Å². The molecule has 0 bridgehead atoms. The number of halogens is 1. The standard InChI is InChI=1S/C17H22BrN5S/c1-12-5-7-13(8-6-12)11-23-15(14(18)9-20-23)10-19-22-16(24)21-17(2,3)4/h5-10H,11H2,1-4H3,(H2,21,22,24)/b19-10+. The Hall–Kier alpha value is -1.73. The van der Waals surface area contributed by atoms with Gasteiger partial charge in [0.25, 0.3) is 0 Å². The van der Waals surface area contributed by atoms with Gasteiger partial charge in [0.2, 0.25) is 0 Å². The molecule has 0 radical (unpaired) electrons. The normalized spacial score (nSPS) is 11.7. The van der Waals surface area contributed by atoms with Crippen molar-refractivity contribution in [1.29, 1.82) is 0 Å². The van der Waals surface area contributed by atoms with Crippen LogP contribution in [-0.4, -0.2) is 26.6 Å². The second-order valence-electron chi connectivity index (χ2n) is 6.60. The molecule has 2 N–H and O–H groups in total. The first-order chi connectivity index (χ1) is 11.2. The summed E-state index contributed by atoms with van der Waals surface area (Å²) in [6.45, 7) is 8.87. The van der Waals surface area contributed by atoms with Crippen LogP contribution in [-0.2, 0) is 6.54 Å². The van der Waals surface area contributed by atoms with Crippen molar-refractivity contribution < 1.29 is 0 Å². The fourth-order valence-electron chi connectivity index (χ4n) is 2.01. The fourth-order valence-corrected chi connectivity index (χ4v) is 2.77. The molecule has 0 fully saturated rings. The predicted octanol–water partition coefficient (Wildman–Crippen LogP) is 3.60. The van der Waals surface area contributed by atoms with Gasteiger partial charge >= 0.3 is 0 Å². The van der Waals surface area contributed by atoms with Crippen LogP contribution in [0.1, 0.15) is 37.6 Å². The van der Waals surface area contributed by atoms with E-state index in [4.69, 9.17) is 12.2 Å². The molecule has 24 heavy (non-hydrogen) atoms. The largest absolute Gasteiger partial charge is 0.357 e. The van der Waals surface area contributed by atoms with E-state index in [1.165, 1.54) is 11.1 Å². The van der Waals surface area contributed by atoms with Crippen molar-refractivity contribution in [2.45, 2.75) is 39.8 Å². The number of thiocarbonyl (C=S) groups is 1. The molecule has 7 heteroatoms. The Kier molecular flexibility index (Phi) is 6.12. The summed E-state index contributed by atoms with van der Waals surface area (Å²) in [6, 6.07) is 8.40. The number of benzene rings is 1. The Balaban J connectivity index is 2.05. The van der Waals surface area contributed by atoms with Gasteiger partial charge in [-0.2, -0.15) is 10.2 Å². The molecule has 0 saturated carbocycles. The highest BCUT2D eigenvalue weighted by Gasteiger charge is 2.11. The van der Waals surface area contributed by atoms with Crippen molar-refractivity contribution in [2.24, 2.45) is 5.10 Å². The minimum absolute atomic E-state index is 0.104. The topological polar surface area (TPSA) is 54.2 Å². The molecule has 5 nitrogen and oxygen atoms in total. The van der Waals surface area contributed by atoms with Crippen LogP contribution in [0.2, 0.25) is 0 Å². The van der Waals surface area contributed by atoms with E-state index in [9.17, 15) is 0 Å². The van der Waals surface area contributed by atoms with Gasteiger partial charge in [0.15, 0.2) is 5.11 Å². The Labute approximate surface area is 156 Å². The quantitative estimate of drug-likeness (QED) is 0.461. The third kappa shape index (κ3) is 5.72. The lowest BCUT2D eigenvalue weighted by atomic mass is 10.1. The lowest BCUT2D eigenvalue weighted by Gasteiger charge is -2.21. The number of hydrogen-bond donors (Lipinski definition) is 2. The maximum Gasteiger partial charge on any atom is 0.187 e. The number of aryl methyl sites for hydroxylation is 1. The number of rotatable bonds is 4. The zero-order valence-corrected chi connectivity index (χ0v) is 16.7. The fraction of sp³-hybridized carbons (Fsp3) is 0.353. The zero-order valence-electron chi connectivity index (χ0n) is 14.3.